The predicted molar refractivity (Wildman–Crippen MR) is 78.4 cm³/mol. The molecular weight excluding hydrogens is 238 g/mol. The normalized spacial score (nSPS) is 22.9. The highest BCUT2D eigenvalue weighted by Gasteiger charge is 2.34. The maximum atomic E-state index is 5.83. The maximum Gasteiger partial charge on any atom is 0.0471 e. The third-order valence-electron chi connectivity index (χ3n) is 4.51. The fourth-order valence-electron chi connectivity index (χ4n) is 2.68. The summed E-state index contributed by atoms with van der Waals surface area (Å²) in [7, 11) is 0. The quantitative estimate of drug-likeness (QED) is 0.653. The average molecular weight is 269 g/mol. The second kappa shape index (κ2) is 7.61. The van der Waals surface area contributed by atoms with Crippen LogP contribution >= 0.6 is 0 Å². The lowest BCUT2D eigenvalue weighted by molar-refractivity contribution is -0.00715. The summed E-state index contributed by atoms with van der Waals surface area (Å²) in [6.07, 6.45) is 7.50. The Bertz CT molecular complexity index is 245. The van der Waals surface area contributed by atoms with Gasteiger partial charge in [-0.1, -0.05) is 13.8 Å². The minimum Gasteiger partial charge on any atom is -0.381 e. The van der Waals surface area contributed by atoms with Gasteiger partial charge in [0.15, 0.2) is 0 Å². The Balaban J connectivity index is 1.66. The summed E-state index contributed by atoms with van der Waals surface area (Å²) >= 11 is 0. The van der Waals surface area contributed by atoms with Gasteiger partial charge >= 0.3 is 0 Å². The van der Waals surface area contributed by atoms with Crippen LogP contribution in [0.25, 0.3) is 0 Å². The molecule has 3 nitrogen and oxygen atoms in total. The third kappa shape index (κ3) is 5.80. The van der Waals surface area contributed by atoms with E-state index < -0.39 is 0 Å². The van der Waals surface area contributed by atoms with Crippen LogP contribution in [0, 0.1) is 11.3 Å². The monoisotopic (exact) mass is 269 g/mol. The van der Waals surface area contributed by atoms with Gasteiger partial charge in [-0.3, -0.25) is 0 Å². The molecule has 3 heteroatoms. The first kappa shape index (κ1) is 15.3. The number of ether oxygens (including phenoxy) is 2. The van der Waals surface area contributed by atoms with Crippen molar-refractivity contribution in [1.82, 2.24) is 5.32 Å². The molecule has 0 amide bonds. The van der Waals surface area contributed by atoms with Crippen LogP contribution in [0.5, 0.6) is 0 Å². The Hall–Kier alpha value is -0.120. The van der Waals surface area contributed by atoms with Crippen LogP contribution < -0.4 is 5.32 Å². The summed E-state index contributed by atoms with van der Waals surface area (Å²) in [6.45, 7) is 9.36. The molecule has 1 aliphatic carbocycles. The Morgan fingerprint density at radius 1 is 1.21 bits per heavy atom. The predicted octanol–water partition coefficient (Wildman–Crippen LogP) is 2.99. The van der Waals surface area contributed by atoms with E-state index in [4.69, 9.17) is 9.47 Å². The first-order valence-electron chi connectivity index (χ1n) is 8.09. The Morgan fingerprint density at radius 3 is 2.58 bits per heavy atom. The van der Waals surface area contributed by atoms with Crippen LogP contribution in [0.15, 0.2) is 0 Å². The van der Waals surface area contributed by atoms with Gasteiger partial charge in [0, 0.05) is 39.0 Å². The average Bonchev–Trinajstić information content (AvgIpc) is 3.21. The van der Waals surface area contributed by atoms with Gasteiger partial charge in [-0.2, -0.15) is 0 Å². The van der Waals surface area contributed by atoms with E-state index in [2.05, 4.69) is 19.2 Å². The first-order valence-corrected chi connectivity index (χ1v) is 8.09. The zero-order valence-electron chi connectivity index (χ0n) is 12.7. The Labute approximate surface area is 118 Å². The van der Waals surface area contributed by atoms with Gasteiger partial charge < -0.3 is 14.8 Å². The molecule has 0 unspecified atom stereocenters. The highest BCUT2D eigenvalue weighted by Crippen LogP contribution is 2.34. The molecule has 0 spiro atoms. The van der Waals surface area contributed by atoms with Gasteiger partial charge in [0.2, 0.25) is 0 Å². The van der Waals surface area contributed by atoms with Crippen molar-refractivity contribution in [3.05, 3.63) is 0 Å². The number of rotatable bonds is 9. The maximum absolute atomic E-state index is 5.83. The molecule has 0 aromatic heterocycles. The molecule has 2 aliphatic rings. The van der Waals surface area contributed by atoms with Gasteiger partial charge in [-0.25, -0.2) is 0 Å². The van der Waals surface area contributed by atoms with Crippen molar-refractivity contribution in [2.75, 3.05) is 33.0 Å². The summed E-state index contributed by atoms with van der Waals surface area (Å²) in [5.74, 6) is 0.744. The Morgan fingerprint density at radius 2 is 1.95 bits per heavy atom. The lowest BCUT2D eigenvalue weighted by Gasteiger charge is -2.37. The smallest absolute Gasteiger partial charge is 0.0471 e. The molecule has 1 saturated carbocycles. The largest absolute Gasteiger partial charge is 0.381 e. The minimum absolute atomic E-state index is 0.429. The summed E-state index contributed by atoms with van der Waals surface area (Å²) in [5, 5.41) is 3.72. The molecule has 1 aliphatic heterocycles. The zero-order chi connectivity index (χ0) is 13.6. The molecule has 1 saturated heterocycles. The summed E-state index contributed by atoms with van der Waals surface area (Å²) in [6, 6.07) is 0.807. The lowest BCUT2D eigenvalue weighted by atomic mass is 9.77. The van der Waals surface area contributed by atoms with E-state index in [-0.39, 0.29) is 0 Å². The van der Waals surface area contributed by atoms with Crippen LogP contribution in [-0.2, 0) is 9.47 Å². The van der Waals surface area contributed by atoms with Crippen LogP contribution in [0.1, 0.15) is 52.4 Å². The van der Waals surface area contributed by atoms with Crippen LogP contribution in [0.4, 0.5) is 0 Å². The summed E-state index contributed by atoms with van der Waals surface area (Å²) in [5.41, 5.74) is 0.429. The van der Waals surface area contributed by atoms with Gasteiger partial charge in [0.25, 0.3) is 0 Å². The molecule has 1 heterocycles. The second-order valence-corrected chi connectivity index (χ2v) is 6.81. The van der Waals surface area contributed by atoms with E-state index in [0.717, 1.165) is 44.9 Å². The fourth-order valence-corrected chi connectivity index (χ4v) is 2.68. The third-order valence-corrected chi connectivity index (χ3v) is 4.51. The summed E-state index contributed by atoms with van der Waals surface area (Å²) < 4.78 is 11.4. The van der Waals surface area contributed by atoms with Crippen molar-refractivity contribution in [2.45, 2.75) is 58.4 Å². The molecule has 0 atom stereocenters. The zero-order valence-corrected chi connectivity index (χ0v) is 12.7. The van der Waals surface area contributed by atoms with Crippen LogP contribution in [0.3, 0.4) is 0 Å². The van der Waals surface area contributed by atoms with E-state index in [1.165, 1.54) is 38.5 Å². The molecule has 0 radical (unpaired) electrons. The van der Waals surface area contributed by atoms with Gasteiger partial charge in [-0.05, 0) is 49.9 Å². The number of hydrogen-bond donors (Lipinski definition) is 1. The van der Waals surface area contributed by atoms with Crippen molar-refractivity contribution in [2.24, 2.45) is 11.3 Å². The SMILES string of the molecule is CC(C)CCOCCC1(CNC2CC2)CCOCC1. The molecule has 2 rings (SSSR count). The van der Waals surface area contributed by atoms with Crippen molar-refractivity contribution in [3.63, 3.8) is 0 Å². The van der Waals surface area contributed by atoms with Gasteiger partial charge in [0.05, 0.1) is 0 Å². The topological polar surface area (TPSA) is 30.5 Å². The Kier molecular flexibility index (Phi) is 6.11. The van der Waals surface area contributed by atoms with Crippen molar-refractivity contribution < 1.29 is 9.47 Å². The van der Waals surface area contributed by atoms with E-state index in [1.54, 1.807) is 0 Å². The molecule has 19 heavy (non-hydrogen) atoms. The van der Waals surface area contributed by atoms with E-state index in [1.807, 2.05) is 0 Å². The fraction of sp³-hybridized carbons (Fsp3) is 1.00. The van der Waals surface area contributed by atoms with Crippen molar-refractivity contribution in [1.29, 1.82) is 0 Å². The van der Waals surface area contributed by atoms with Gasteiger partial charge in [0.1, 0.15) is 0 Å². The van der Waals surface area contributed by atoms with Crippen LogP contribution in [-0.4, -0.2) is 39.0 Å². The molecule has 1 N–H and O–H groups in total. The van der Waals surface area contributed by atoms with Crippen molar-refractivity contribution in [3.8, 4) is 0 Å². The highest BCUT2D eigenvalue weighted by molar-refractivity contribution is 4.89. The molecule has 2 fully saturated rings. The summed E-state index contributed by atoms with van der Waals surface area (Å²) in [4.78, 5) is 0. The van der Waals surface area contributed by atoms with E-state index >= 15 is 0 Å². The highest BCUT2D eigenvalue weighted by atomic mass is 16.5. The molecule has 112 valence electrons. The van der Waals surface area contributed by atoms with Crippen LogP contribution in [0.2, 0.25) is 0 Å². The number of nitrogens with one attached hydrogen (secondary N) is 1. The van der Waals surface area contributed by atoms with E-state index in [0.29, 0.717) is 5.41 Å². The molecular formula is C16H31NO2. The standard InChI is InChI=1S/C16H31NO2/c1-14(2)5-9-18-10-6-16(7-11-19-12-8-16)13-17-15-3-4-15/h14-15,17H,3-13H2,1-2H3. The lowest BCUT2D eigenvalue weighted by Crippen LogP contribution is -2.40. The molecule has 0 aromatic rings. The molecule has 0 aromatic carbocycles. The minimum atomic E-state index is 0.429. The first-order chi connectivity index (χ1) is 9.20. The van der Waals surface area contributed by atoms with Crippen molar-refractivity contribution >= 4 is 0 Å². The second-order valence-electron chi connectivity index (χ2n) is 6.81. The van der Waals surface area contributed by atoms with E-state index in [9.17, 15) is 0 Å². The molecule has 0 bridgehead atoms. The van der Waals surface area contributed by atoms with Gasteiger partial charge in [-0.15, -0.1) is 0 Å². The number of hydrogen-bond acceptors (Lipinski definition) is 3.